The molecule has 0 saturated carbocycles. The van der Waals surface area contributed by atoms with E-state index in [2.05, 4.69) is 0 Å². The van der Waals surface area contributed by atoms with Crippen molar-refractivity contribution in [2.45, 2.75) is 49.6 Å². The molecule has 9 heteroatoms. The van der Waals surface area contributed by atoms with Gasteiger partial charge in [0.25, 0.3) is 0 Å². The van der Waals surface area contributed by atoms with E-state index in [9.17, 15) is 4.79 Å². The van der Waals surface area contributed by atoms with Crippen LogP contribution in [0.1, 0.15) is 23.6 Å². The average Bonchev–Trinajstić information content (AvgIpc) is 3.30. The number of ether oxygens (including phenoxy) is 7. The Morgan fingerprint density at radius 3 is 1.50 bits per heavy atom. The van der Waals surface area contributed by atoms with Crippen molar-refractivity contribution in [3.8, 4) is 17.2 Å². The van der Waals surface area contributed by atoms with Gasteiger partial charge >= 0.3 is 5.97 Å². The Morgan fingerprint density at radius 1 is 0.650 bits per heavy atom. The molecule has 1 saturated heterocycles. The van der Waals surface area contributed by atoms with Crippen LogP contribution in [0, 0.1) is 0 Å². The first-order chi connectivity index (χ1) is 19.5. The van der Waals surface area contributed by atoms with Crippen LogP contribution in [0.25, 0.3) is 0 Å². The van der Waals surface area contributed by atoms with Crippen LogP contribution < -0.4 is 14.2 Å². The van der Waals surface area contributed by atoms with Gasteiger partial charge in [-0.05, 0) is 53.1 Å². The molecule has 214 valence electrons. The summed E-state index contributed by atoms with van der Waals surface area (Å²) in [6, 6.07) is 23.2. The monoisotopic (exact) mass is 568 g/mol. The molecule has 0 aromatic heterocycles. The molecule has 4 rings (SSSR count). The zero-order valence-corrected chi connectivity index (χ0v) is 24.1. The highest BCUT2D eigenvalue weighted by Gasteiger charge is 2.48. The summed E-state index contributed by atoms with van der Waals surface area (Å²) in [4.78, 5) is 12.0. The normalized spacial score (nSPS) is 20.2. The van der Waals surface area contributed by atoms with Gasteiger partial charge in [0.15, 0.2) is 5.44 Å². The number of benzene rings is 3. The standard InChI is InChI=1S/C31H36O8S/c1-21(32)39-31-30(38-19-24-9-15-27(35-4)16-10-24)29(37-18-23-7-13-26(34-3)14-8-23)28(40-31)20-36-17-22-5-11-25(33-2)12-6-22/h5-16,28-31H,17-20H2,1-4H3/t28-,29-,30-,31?/m1/s1. The zero-order chi connectivity index (χ0) is 28.3. The Hall–Kier alpha value is -3.24. The van der Waals surface area contributed by atoms with Crippen molar-refractivity contribution in [3.63, 3.8) is 0 Å². The minimum absolute atomic E-state index is 0.123. The van der Waals surface area contributed by atoms with Crippen LogP contribution >= 0.6 is 11.8 Å². The van der Waals surface area contributed by atoms with Crippen LogP contribution in [-0.2, 0) is 43.6 Å². The van der Waals surface area contributed by atoms with Gasteiger partial charge < -0.3 is 33.2 Å². The van der Waals surface area contributed by atoms with E-state index in [1.54, 1.807) is 21.3 Å². The second kappa shape index (κ2) is 14.9. The number of carbonyl (C=O) groups excluding carboxylic acids is 1. The summed E-state index contributed by atoms with van der Waals surface area (Å²) in [5.74, 6) is 1.97. The van der Waals surface area contributed by atoms with Crippen LogP contribution in [0.2, 0.25) is 0 Å². The summed E-state index contributed by atoms with van der Waals surface area (Å²) in [5.41, 5.74) is 2.46. The van der Waals surface area contributed by atoms with E-state index in [-0.39, 0.29) is 17.3 Å². The van der Waals surface area contributed by atoms with Crippen molar-refractivity contribution in [1.82, 2.24) is 0 Å². The van der Waals surface area contributed by atoms with Crippen molar-refractivity contribution in [3.05, 3.63) is 89.5 Å². The van der Waals surface area contributed by atoms with Crippen LogP contribution in [-0.4, -0.2) is 56.8 Å². The molecule has 0 aliphatic carbocycles. The fraction of sp³-hybridized carbons (Fsp3) is 0.387. The first-order valence-corrected chi connectivity index (χ1v) is 14.0. The third-order valence-electron chi connectivity index (χ3n) is 6.46. The molecule has 1 aliphatic rings. The first kappa shape index (κ1) is 29.7. The molecular weight excluding hydrogens is 532 g/mol. The van der Waals surface area contributed by atoms with Gasteiger partial charge in [-0.2, -0.15) is 0 Å². The maximum atomic E-state index is 12.0. The van der Waals surface area contributed by atoms with Crippen LogP contribution in [0.4, 0.5) is 0 Å². The molecule has 8 nitrogen and oxygen atoms in total. The van der Waals surface area contributed by atoms with E-state index in [4.69, 9.17) is 33.2 Å². The van der Waals surface area contributed by atoms with Gasteiger partial charge in [-0.1, -0.05) is 36.4 Å². The van der Waals surface area contributed by atoms with Crippen LogP contribution in [0.15, 0.2) is 72.8 Å². The number of esters is 1. The number of rotatable bonds is 14. The number of carbonyl (C=O) groups is 1. The summed E-state index contributed by atoms with van der Waals surface area (Å²) < 4.78 is 40.4. The molecule has 1 unspecified atom stereocenters. The fourth-order valence-corrected chi connectivity index (χ4v) is 5.79. The lowest BCUT2D eigenvalue weighted by Crippen LogP contribution is -2.40. The van der Waals surface area contributed by atoms with Crippen molar-refractivity contribution in [1.29, 1.82) is 0 Å². The Bertz CT molecular complexity index is 1180. The van der Waals surface area contributed by atoms with E-state index in [0.717, 1.165) is 33.9 Å². The maximum absolute atomic E-state index is 12.0. The van der Waals surface area contributed by atoms with E-state index >= 15 is 0 Å². The minimum Gasteiger partial charge on any atom is -0.497 e. The summed E-state index contributed by atoms with van der Waals surface area (Å²) in [6.07, 6.45) is -0.880. The lowest BCUT2D eigenvalue weighted by Gasteiger charge is -2.26. The molecule has 0 amide bonds. The van der Waals surface area contributed by atoms with Gasteiger partial charge in [-0.3, -0.25) is 4.79 Å². The predicted octanol–water partition coefficient (Wildman–Crippen LogP) is 5.40. The summed E-state index contributed by atoms with van der Waals surface area (Å²) in [7, 11) is 4.91. The van der Waals surface area contributed by atoms with E-state index < -0.39 is 11.5 Å². The van der Waals surface area contributed by atoms with Crippen molar-refractivity contribution < 1.29 is 38.0 Å². The van der Waals surface area contributed by atoms with E-state index in [0.29, 0.717) is 26.4 Å². The highest BCUT2D eigenvalue weighted by molar-refractivity contribution is 8.00. The smallest absolute Gasteiger partial charge is 0.303 e. The van der Waals surface area contributed by atoms with Gasteiger partial charge in [0, 0.05) is 6.92 Å². The molecule has 1 heterocycles. The zero-order valence-electron chi connectivity index (χ0n) is 23.2. The van der Waals surface area contributed by atoms with E-state index in [1.165, 1.54) is 18.7 Å². The maximum Gasteiger partial charge on any atom is 0.303 e. The fourth-order valence-electron chi connectivity index (χ4n) is 4.30. The second-order valence-electron chi connectivity index (χ2n) is 9.26. The molecule has 3 aromatic carbocycles. The lowest BCUT2D eigenvalue weighted by atomic mass is 10.1. The summed E-state index contributed by atoms with van der Waals surface area (Å²) in [6.45, 7) is 2.92. The largest absolute Gasteiger partial charge is 0.497 e. The molecule has 4 atom stereocenters. The molecular formula is C31H36O8S. The lowest BCUT2D eigenvalue weighted by molar-refractivity contribution is -0.155. The average molecular weight is 569 g/mol. The van der Waals surface area contributed by atoms with Crippen molar-refractivity contribution in [2.24, 2.45) is 0 Å². The SMILES string of the molecule is COc1ccc(COC[C@H]2SC(OC(C)=O)[C@H](OCc3ccc(OC)cc3)[C@@H]2OCc2ccc(OC)cc2)cc1. The third kappa shape index (κ3) is 8.38. The number of hydrogen-bond donors (Lipinski definition) is 0. The molecule has 0 radical (unpaired) electrons. The number of hydrogen-bond acceptors (Lipinski definition) is 9. The highest BCUT2D eigenvalue weighted by Crippen LogP contribution is 2.40. The number of thioether (sulfide) groups is 1. The Labute approximate surface area is 239 Å². The minimum atomic E-state index is -0.536. The first-order valence-electron chi connectivity index (χ1n) is 13.0. The van der Waals surface area contributed by atoms with Gasteiger partial charge in [-0.25, -0.2) is 0 Å². The molecule has 40 heavy (non-hydrogen) atoms. The Balaban J connectivity index is 1.47. The van der Waals surface area contributed by atoms with Gasteiger partial charge in [0.1, 0.15) is 29.5 Å². The van der Waals surface area contributed by atoms with Crippen molar-refractivity contribution >= 4 is 17.7 Å². The van der Waals surface area contributed by atoms with Gasteiger partial charge in [0.2, 0.25) is 0 Å². The molecule has 1 aliphatic heterocycles. The Kier molecular flexibility index (Phi) is 11.1. The molecule has 3 aromatic rings. The predicted molar refractivity (Wildman–Crippen MR) is 153 cm³/mol. The van der Waals surface area contributed by atoms with Crippen molar-refractivity contribution in [2.75, 3.05) is 27.9 Å². The van der Waals surface area contributed by atoms with Gasteiger partial charge in [-0.15, -0.1) is 11.8 Å². The molecule has 0 bridgehead atoms. The topological polar surface area (TPSA) is 81.7 Å². The van der Waals surface area contributed by atoms with Crippen LogP contribution in [0.3, 0.4) is 0 Å². The highest BCUT2D eigenvalue weighted by atomic mass is 32.2. The molecule has 1 fully saturated rings. The molecule has 0 N–H and O–H groups in total. The van der Waals surface area contributed by atoms with E-state index in [1.807, 2.05) is 72.8 Å². The number of methoxy groups -OCH3 is 3. The Morgan fingerprint density at radius 2 is 1.07 bits per heavy atom. The third-order valence-corrected chi connectivity index (χ3v) is 7.85. The second-order valence-corrected chi connectivity index (χ2v) is 10.6. The quantitative estimate of drug-likeness (QED) is 0.237. The molecule has 0 spiro atoms. The summed E-state index contributed by atoms with van der Waals surface area (Å²) in [5, 5.41) is -0.123. The van der Waals surface area contributed by atoms with Crippen LogP contribution in [0.5, 0.6) is 17.2 Å². The summed E-state index contributed by atoms with van der Waals surface area (Å²) >= 11 is 1.50. The van der Waals surface area contributed by atoms with Gasteiger partial charge in [0.05, 0.1) is 53.0 Å².